The van der Waals surface area contributed by atoms with Crippen LogP contribution in [0.3, 0.4) is 0 Å². The van der Waals surface area contributed by atoms with Crippen LogP contribution in [0.25, 0.3) is 33.4 Å². The highest BCUT2D eigenvalue weighted by Gasteiger charge is 2.27. The standard InChI is InChI=1S/C39H40N4O11S4/c1-20-15-22(3)38(42-55(7,44)45)24(5)36(20)40-26-13-14-27-31(17-26)54-32-19-30(41-37-21(2)16-23(4)39(25(37)6)43-56(8,46)47)34(58(51,52)53)18-29(32)35(27)28-11-9-10-12-33(28)57(48,49)50/h9-19,40,42-43H,1-8H3,(H,48,49,50)(H,51,52,53)/b41-30-. The largest absolute Gasteiger partial charge is 0.456 e. The van der Waals surface area contributed by atoms with E-state index < -0.39 is 50.1 Å². The van der Waals surface area contributed by atoms with Crippen LogP contribution in [0.2, 0.25) is 0 Å². The Labute approximate surface area is 336 Å². The van der Waals surface area contributed by atoms with E-state index >= 15 is 0 Å². The molecule has 4 aromatic carbocycles. The Morgan fingerprint density at radius 3 is 1.72 bits per heavy atom. The summed E-state index contributed by atoms with van der Waals surface area (Å²) >= 11 is 0. The number of hydrogen-bond acceptors (Lipinski definition) is 11. The summed E-state index contributed by atoms with van der Waals surface area (Å²) in [5.74, 6) is -0.00446. The molecule has 0 bridgehead atoms. The molecule has 306 valence electrons. The van der Waals surface area contributed by atoms with E-state index in [2.05, 4.69) is 19.8 Å². The van der Waals surface area contributed by atoms with Crippen LogP contribution in [0.15, 0.2) is 85.9 Å². The van der Waals surface area contributed by atoms with Crippen LogP contribution in [0.1, 0.15) is 33.4 Å². The van der Waals surface area contributed by atoms with E-state index in [9.17, 15) is 42.8 Å². The SMILES string of the molecule is Cc1cc(C)c(NS(C)(=O)=O)c(C)c1/N=c1/cc2oc3cc(Nc4c(C)cc(C)c(NS(C)(=O)=O)c4C)ccc3c(-c3ccccc3S(=O)(=O)O)c-2cc1S(=O)(=O)O. The summed E-state index contributed by atoms with van der Waals surface area (Å²) in [6, 6.07) is 16.3. The van der Waals surface area contributed by atoms with Crippen molar-refractivity contribution < 1.29 is 47.2 Å². The Kier molecular flexibility index (Phi) is 10.8. The lowest BCUT2D eigenvalue weighted by atomic mass is 9.93. The smallest absolute Gasteiger partial charge is 0.296 e. The van der Waals surface area contributed by atoms with Crippen molar-refractivity contribution in [1.29, 1.82) is 0 Å². The van der Waals surface area contributed by atoms with Crippen molar-refractivity contribution >= 4 is 79.7 Å². The Hall–Kier alpha value is -5.31. The van der Waals surface area contributed by atoms with E-state index in [0.717, 1.165) is 24.1 Å². The van der Waals surface area contributed by atoms with Crippen molar-refractivity contribution in [2.24, 2.45) is 4.99 Å². The molecule has 4 aromatic rings. The highest BCUT2D eigenvalue weighted by Crippen LogP contribution is 2.44. The molecule has 0 spiro atoms. The van der Waals surface area contributed by atoms with E-state index in [4.69, 9.17) is 4.42 Å². The van der Waals surface area contributed by atoms with Gasteiger partial charge in [-0.3, -0.25) is 18.5 Å². The van der Waals surface area contributed by atoms with Gasteiger partial charge < -0.3 is 9.73 Å². The van der Waals surface area contributed by atoms with E-state index in [1.165, 1.54) is 30.3 Å². The van der Waals surface area contributed by atoms with Gasteiger partial charge in [0.25, 0.3) is 20.2 Å². The summed E-state index contributed by atoms with van der Waals surface area (Å²) in [4.78, 5) is 3.48. The number of aryl methyl sites for hydroxylation is 4. The molecule has 58 heavy (non-hydrogen) atoms. The molecule has 1 aliphatic carbocycles. The van der Waals surface area contributed by atoms with Gasteiger partial charge in [-0.1, -0.05) is 30.3 Å². The Balaban J connectivity index is 1.70. The molecule has 5 N–H and O–H groups in total. The molecule has 0 saturated carbocycles. The zero-order valence-electron chi connectivity index (χ0n) is 32.5. The lowest BCUT2D eigenvalue weighted by Gasteiger charge is -2.21. The van der Waals surface area contributed by atoms with Gasteiger partial charge in [-0.25, -0.2) is 21.8 Å². The minimum Gasteiger partial charge on any atom is -0.456 e. The molecule has 0 unspecified atom stereocenters. The summed E-state index contributed by atoms with van der Waals surface area (Å²) in [6.45, 7) is 10.4. The van der Waals surface area contributed by atoms with Crippen molar-refractivity contribution in [3.63, 3.8) is 0 Å². The maximum absolute atomic E-state index is 13.1. The van der Waals surface area contributed by atoms with Gasteiger partial charge in [0.2, 0.25) is 20.0 Å². The van der Waals surface area contributed by atoms with Crippen LogP contribution < -0.4 is 20.1 Å². The summed E-state index contributed by atoms with van der Waals surface area (Å²) in [5, 5.41) is 3.34. The van der Waals surface area contributed by atoms with E-state index in [-0.39, 0.29) is 44.8 Å². The fraction of sp³-hybridized carbons (Fsp3) is 0.205. The van der Waals surface area contributed by atoms with E-state index in [1.807, 2.05) is 13.0 Å². The van der Waals surface area contributed by atoms with Gasteiger partial charge >= 0.3 is 0 Å². The van der Waals surface area contributed by atoms with Gasteiger partial charge in [0.1, 0.15) is 21.1 Å². The number of sulfonamides is 2. The normalized spacial score (nSPS) is 13.0. The second-order valence-electron chi connectivity index (χ2n) is 14.2. The van der Waals surface area contributed by atoms with Gasteiger partial charge in [-0.05, 0) is 99.2 Å². The summed E-state index contributed by atoms with van der Waals surface area (Å²) in [7, 11) is -17.2. The van der Waals surface area contributed by atoms with Gasteiger partial charge in [0.05, 0.1) is 34.9 Å². The summed E-state index contributed by atoms with van der Waals surface area (Å²) in [6.07, 6.45) is 2.05. The number of nitrogens with one attached hydrogen (secondary N) is 3. The van der Waals surface area contributed by atoms with Crippen LogP contribution in [-0.4, -0.2) is 55.3 Å². The quantitative estimate of drug-likeness (QED) is 0.0675. The van der Waals surface area contributed by atoms with Crippen molar-refractivity contribution in [1.82, 2.24) is 0 Å². The first-order valence-corrected chi connectivity index (χ1v) is 24.0. The Morgan fingerprint density at radius 1 is 0.586 bits per heavy atom. The van der Waals surface area contributed by atoms with E-state index in [0.29, 0.717) is 50.3 Å². The third kappa shape index (κ3) is 8.59. The number of benzene rings is 5. The van der Waals surface area contributed by atoms with Crippen LogP contribution in [0.5, 0.6) is 0 Å². The molecule has 6 rings (SSSR count). The average molecular weight is 869 g/mol. The molecule has 15 nitrogen and oxygen atoms in total. The maximum atomic E-state index is 13.1. The Morgan fingerprint density at radius 2 is 1.14 bits per heavy atom. The molecule has 0 atom stereocenters. The molecule has 2 aliphatic rings. The van der Waals surface area contributed by atoms with E-state index in [1.54, 1.807) is 58.9 Å². The fourth-order valence-corrected chi connectivity index (χ4v) is 9.84. The van der Waals surface area contributed by atoms with Crippen LogP contribution in [0.4, 0.5) is 28.4 Å². The molecule has 1 heterocycles. The second-order valence-corrected chi connectivity index (χ2v) is 20.5. The van der Waals surface area contributed by atoms with Crippen molar-refractivity contribution in [2.75, 3.05) is 27.3 Å². The zero-order chi connectivity index (χ0) is 42.9. The molecule has 0 radical (unpaired) electrons. The number of nitrogens with zero attached hydrogens (tertiary/aromatic N) is 1. The predicted octanol–water partition coefficient (Wildman–Crippen LogP) is 7.27. The first-order valence-electron chi connectivity index (χ1n) is 17.3. The van der Waals surface area contributed by atoms with Gasteiger partial charge in [-0.15, -0.1) is 0 Å². The topological polar surface area (TPSA) is 239 Å². The van der Waals surface area contributed by atoms with Crippen molar-refractivity contribution in [2.45, 2.75) is 51.3 Å². The molecule has 0 saturated heterocycles. The first kappa shape index (κ1) is 42.3. The molecular formula is C39H40N4O11S4. The van der Waals surface area contributed by atoms with Crippen molar-refractivity contribution in [3.8, 4) is 22.5 Å². The Bertz CT molecular complexity index is 3210. The minimum atomic E-state index is -5.04. The van der Waals surface area contributed by atoms with Gasteiger partial charge in [-0.2, -0.15) is 16.8 Å². The van der Waals surface area contributed by atoms with Crippen LogP contribution in [0, 0.1) is 41.5 Å². The molecule has 0 amide bonds. The average Bonchev–Trinajstić information content (AvgIpc) is 3.09. The zero-order valence-corrected chi connectivity index (χ0v) is 35.8. The molecule has 0 fully saturated rings. The maximum Gasteiger partial charge on any atom is 0.296 e. The third-order valence-corrected chi connectivity index (χ3v) is 12.4. The monoisotopic (exact) mass is 868 g/mol. The number of fused-ring (bicyclic) bond motifs is 2. The molecule has 1 aliphatic heterocycles. The number of rotatable bonds is 10. The lowest BCUT2D eigenvalue weighted by Crippen LogP contribution is -2.17. The van der Waals surface area contributed by atoms with Crippen molar-refractivity contribution in [3.05, 3.63) is 105 Å². The highest BCUT2D eigenvalue weighted by molar-refractivity contribution is 7.92. The lowest BCUT2D eigenvalue weighted by molar-refractivity contribution is 0.480. The summed E-state index contributed by atoms with van der Waals surface area (Å²) in [5.41, 5.74) is 5.88. The molecular weight excluding hydrogens is 829 g/mol. The third-order valence-electron chi connectivity index (χ3n) is 9.49. The predicted molar refractivity (Wildman–Crippen MR) is 225 cm³/mol. The minimum absolute atomic E-state index is 0.00446. The fourth-order valence-electron chi connectivity index (χ4n) is 7.14. The molecule has 19 heteroatoms. The van der Waals surface area contributed by atoms with Gasteiger partial charge in [0.15, 0.2) is 0 Å². The van der Waals surface area contributed by atoms with Gasteiger partial charge in [0, 0.05) is 45.6 Å². The summed E-state index contributed by atoms with van der Waals surface area (Å²) < 4.78 is 133. The molecule has 0 aromatic heterocycles. The van der Waals surface area contributed by atoms with Crippen LogP contribution >= 0.6 is 0 Å². The number of anilines is 4. The first-order chi connectivity index (χ1) is 26.7. The van der Waals surface area contributed by atoms with Crippen LogP contribution in [-0.2, 0) is 40.3 Å². The number of hydrogen-bond donors (Lipinski definition) is 5. The second kappa shape index (κ2) is 14.8. The highest BCUT2D eigenvalue weighted by atomic mass is 32.2.